The smallest absolute Gasteiger partial charge is 0.137 e. The van der Waals surface area contributed by atoms with E-state index < -0.39 is 0 Å². The molecule has 0 aliphatic rings. The van der Waals surface area contributed by atoms with Crippen LogP contribution in [-0.4, -0.2) is 19.0 Å². The standard InChI is InChI=1S/C12H24O2/c1-6-14-9-12(5,11(4)13)8-7-10(2)3/h10H,6-9H2,1-5H3. The number of carbonyl (C=O) groups is 1. The Hall–Kier alpha value is -0.370. The molecule has 14 heavy (non-hydrogen) atoms. The number of rotatable bonds is 7. The summed E-state index contributed by atoms with van der Waals surface area (Å²) in [6, 6.07) is 0. The molecular weight excluding hydrogens is 176 g/mol. The molecule has 1 unspecified atom stereocenters. The van der Waals surface area contributed by atoms with Crippen LogP contribution in [0.15, 0.2) is 0 Å². The van der Waals surface area contributed by atoms with Gasteiger partial charge in [0.15, 0.2) is 0 Å². The third kappa shape index (κ3) is 4.75. The highest BCUT2D eigenvalue weighted by molar-refractivity contribution is 5.82. The molecule has 0 aromatic heterocycles. The summed E-state index contributed by atoms with van der Waals surface area (Å²) in [6.45, 7) is 11.2. The molecule has 0 saturated carbocycles. The molecular formula is C12H24O2. The average molecular weight is 200 g/mol. The summed E-state index contributed by atoms with van der Waals surface area (Å²) in [6.07, 6.45) is 2.02. The lowest BCUT2D eigenvalue weighted by Crippen LogP contribution is -2.31. The van der Waals surface area contributed by atoms with Crippen molar-refractivity contribution in [3.05, 3.63) is 0 Å². The normalized spacial score (nSPS) is 15.6. The maximum Gasteiger partial charge on any atom is 0.137 e. The Balaban J connectivity index is 4.17. The molecule has 0 amide bonds. The average Bonchev–Trinajstić information content (AvgIpc) is 2.11. The Morgan fingerprint density at radius 1 is 1.43 bits per heavy atom. The van der Waals surface area contributed by atoms with Crippen molar-refractivity contribution in [3.8, 4) is 0 Å². The highest BCUT2D eigenvalue weighted by Gasteiger charge is 2.29. The van der Waals surface area contributed by atoms with E-state index >= 15 is 0 Å². The molecule has 0 heterocycles. The van der Waals surface area contributed by atoms with Gasteiger partial charge in [-0.2, -0.15) is 0 Å². The number of Topliss-reactive ketones (excluding diaryl/α,β-unsaturated/α-hetero) is 1. The molecule has 2 heteroatoms. The van der Waals surface area contributed by atoms with E-state index in [9.17, 15) is 4.79 Å². The van der Waals surface area contributed by atoms with Crippen LogP contribution < -0.4 is 0 Å². The molecule has 1 atom stereocenters. The van der Waals surface area contributed by atoms with Crippen LogP contribution >= 0.6 is 0 Å². The number of ketones is 1. The van der Waals surface area contributed by atoms with Crippen LogP contribution in [0.3, 0.4) is 0 Å². The SMILES string of the molecule is CCOCC(C)(CCC(C)C)C(C)=O. The van der Waals surface area contributed by atoms with Gasteiger partial charge in [-0.15, -0.1) is 0 Å². The Morgan fingerprint density at radius 3 is 2.36 bits per heavy atom. The van der Waals surface area contributed by atoms with Gasteiger partial charge in [0.1, 0.15) is 5.78 Å². The zero-order valence-corrected chi connectivity index (χ0v) is 10.2. The zero-order valence-electron chi connectivity index (χ0n) is 10.2. The summed E-state index contributed by atoms with van der Waals surface area (Å²) >= 11 is 0. The first-order valence-electron chi connectivity index (χ1n) is 5.51. The third-order valence-electron chi connectivity index (χ3n) is 2.75. The summed E-state index contributed by atoms with van der Waals surface area (Å²) in [4.78, 5) is 11.5. The van der Waals surface area contributed by atoms with Gasteiger partial charge in [-0.25, -0.2) is 0 Å². The van der Waals surface area contributed by atoms with Crippen LogP contribution in [0.4, 0.5) is 0 Å². The molecule has 0 aliphatic heterocycles. The number of hydrogen-bond donors (Lipinski definition) is 0. The fraction of sp³-hybridized carbons (Fsp3) is 0.917. The van der Waals surface area contributed by atoms with Crippen molar-refractivity contribution in [2.24, 2.45) is 11.3 Å². The Labute approximate surface area is 88.0 Å². The van der Waals surface area contributed by atoms with Crippen LogP contribution in [0.25, 0.3) is 0 Å². The summed E-state index contributed by atoms with van der Waals surface area (Å²) in [5, 5.41) is 0. The highest BCUT2D eigenvalue weighted by Crippen LogP contribution is 2.27. The fourth-order valence-electron chi connectivity index (χ4n) is 1.28. The first-order valence-corrected chi connectivity index (χ1v) is 5.51. The number of hydrogen-bond acceptors (Lipinski definition) is 2. The van der Waals surface area contributed by atoms with E-state index in [0.717, 1.165) is 12.8 Å². The highest BCUT2D eigenvalue weighted by atomic mass is 16.5. The molecule has 2 nitrogen and oxygen atoms in total. The first-order chi connectivity index (χ1) is 6.42. The maximum atomic E-state index is 11.5. The number of ether oxygens (including phenoxy) is 1. The van der Waals surface area contributed by atoms with Crippen molar-refractivity contribution in [1.29, 1.82) is 0 Å². The van der Waals surface area contributed by atoms with Crippen molar-refractivity contribution < 1.29 is 9.53 Å². The van der Waals surface area contributed by atoms with Crippen LogP contribution in [0.2, 0.25) is 0 Å². The van der Waals surface area contributed by atoms with Gasteiger partial charge < -0.3 is 4.74 Å². The predicted octanol–water partition coefficient (Wildman–Crippen LogP) is 3.05. The summed E-state index contributed by atoms with van der Waals surface area (Å²) < 4.78 is 5.37. The topological polar surface area (TPSA) is 26.3 Å². The second-order valence-electron chi connectivity index (χ2n) is 4.69. The van der Waals surface area contributed by atoms with E-state index in [4.69, 9.17) is 4.74 Å². The van der Waals surface area contributed by atoms with Gasteiger partial charge in [-0.3, -0.25) is 4.79 Å². The summed E-state index contributed by atoms with van der Waals surface area (Å²) in [5.74, 6) is 0.891. The molecule has 0 N–H and O–H groups in total. The van der Waals surface area contributed by atoms with Crippen LogP contribution in [0, 0.1) is 11.3 Å². The van der Waals surface area contributed by atoms with Gasteiger partial charge in [0.2, 0.25) is 0 Å². The lowest BCUT2D eigenvalue weighted by atomic mass is 9.81. The molecule has 0 rings (SSSR count). The minimum absolute atomic E-state index is 0.242. The lowest BCUT2D eigenvalue weighted by molar-refractivity contribution is -0.129. The fourth-order valence-corrected chi connectivity index (χ4v) is 1.28. The Kier molecular flexibility index (Phi) is 6.01. The third-order valence-corrected chi connectivity index (χ3v) is 2.75. The summed E-state index contributed by atoms with van der Waals surface area (Å²) in [7, 11) is 0. The van der Waals surface area contributed by atoms with Crippen molar-refractivity contribution in [2.75, 3.05) is 13.2 Å². The van der Waals surface area contributed by atoms with Gasteiger partial charge in [0, 0.05) is 12.0 Å². The Bertz CT molecular complexity index is 175. The molecule has 0 aromatic rings. The monoisotopic (exact) mass is 200 g/mol. The quantitative estimate of drug-likeness (QED) is 0.631. The number of carbonyl (C=O) groups excluding carboxylic acids is 1. The van der Waals surface area contributed by atoms with Gasteiger partial charge in [0.05, 0.1) is 6.61 Å². The molecule has 0 saturated heterocycles. The minimum atomic E-state index is -0.278. The molecule has 0 spiro atoms. The van der Waals surface area contributed by atoms with Crippen molar-refractivity contribution >= 4 is 5.78 Å². The maximum absolute atomic E-state index is 11.5. The van der Waals surface area contributed by atoms with Crippen LogP contribution in [0.5, 0.6) is 0 Å². The van der Waals surface area contributed by atoms with E-state index in [1.807, 2.05) is 13.8 Å². The van der Waals surface area contributed by atoms with Gasteiger partial charge in [0.25, 0.3) is 0 Å². The van der Waals surface area contributed by atoms with E-state index in [1.165, 1.54) is 0 Å². The zero-order chi connectivity index (χ0) is 11.2. The van der Waals surface area contributed by atoms with E-state index in [2.05, 4.69) is 13.8 Å². The van der Waals surface area contributed by atoms with E-state index in [0.29, 0.717) is 19.1 Å². The van der Waals surface area contributed by atoms with Crippen molar-refractivity contribution in [3.63, 3.8) is 0 Å². The molecule has 0 bridgehead atoms. The van der Waals surface area contributed by atoms with Crippen molar-refractivity contribution in [2.45, 2.75) is 47.5 Å². The van der Waals surface area contributed by atoms with Crippen molar-refractivity contribution in [1.82, 2.24) is 0 Å². The Morgan fingerprint density at radius 2 is 2.00 bits per heavy atom. The van der Waals surface area contributed by atoms with E-state index in [-0.39, 0.29) is 11.2 Å². The molecule has 0 aliphatic carbocycles. The van der Waals surface area contributed by atoms with Gasteiger partial charge in [-0.1, -0.05) is 20.8 Å². The molecule has 0 fully saturated rings. The minimum Gasteiger partial charge on any atom is -0.381 e. The molecule has 0 radical (unpaired) electrons. The second kappa shape index (κ2) is 6.18. The molecule has 0 aromatic carbocycles. The van der Waals surface area contributed by atoms with Crippen LogP contribution in [-0.2, 0) is 9.53 Å². The lowest BCUT2D eigenvalue weighted by Gasteiger charge is -2.27. The van der Waals surface area contributed by atoms with Gasteiger partial charge >= 0.3 is 0 Å². The predicted molar refractivity (Wildman–Crippen MR) is 59.4 cm³/mol. The van der Waals surface area contributed by atoms with Gasteiger partial charge in [-0.05, 0) is 32.6 Å². The summed E-state index contributed by atoms with van der Waals surface area (Å²) in [5.41, 5.74) is -0.278. The first kappa shape index (κ1) is 13.6. The molecule has 84 valence electrons. The largest absolute Gasteiger partial charge is 0.381 e. The second-order valence-corrected chi connectivity index (χ2v) is 4.69. The van der Waals surface area contributed by atoms with Crippen LogP contribution in [0.1, 0.15) is 47.5 Å². The van der Waals surface area contributed by atoms with E-state index in [1.54, 1.807) is 6.92 Å².